The molecule has 3 rings (SSSR count). The summed E-state index contributed by atoms with van der Waals surface area (Å²) in [5.74, 6) is 0.736. The van der Waals surface area contributed by atoms with E-state index < -0.39 is 0 Å². The molecule has 1 aromatic carbocycles. The number of halogens is 2. The Balaban J connectivity index is 0.00000261. The topological polar surface area (TPSA) is 40.1 Å². The number of hydrogen-bond donors (Lipinski definition) is 1. The molecule has 3 atom stereocenters. The molecular formula is C20H32FIN4O. The summed E-state index contributed by atoms with van der Waals surface area (Å²) in [7, 11) is 2.18. The van der Waals surface area contributed by atoms with Gasteiger partial charge in [0.2, 0.25) is 0 Å². The zero-order valence-corrected chi connectivity index (χ0v) is 18.9. The van der Waals surface area contributed by atoms with Gasteiger partial charge in [-0.05, 0) is 58.0 Å². The Morgan fingerprint density at radius 1 is 1.30 bits per heavy atom. The quantitative estimate of drug-likeness (QED) is 0.400. The van der Waals surface area contributed by atoms with Crippen molar-refractivity contribution >= 4 is 29.9 Å². The molecule has 0 aliphatic carbocycles. The van der Waals surface area contributed by atoms with E-state index in [-0.39, 0.29) is 42.0 Å². The van der Waals surface area contributed by atoms with Crippen molar-refractivity contribution in [3.8, 4) is 0 Å². The summed E-state index contributed by atoms with van der Waals surface area (Å²) in [6.07, 6.45) is 2.50. The molecule has 0 spiro atoms. The first-order valence-corrected chi connectivity index (χ1v) is 9.71. The van der Waals surface area contributed by atoms with Crippen molar-refractivity contribution in [2.75, 3.05) is 39.8 Å². The largest absolute Gasteiger partial charge is 0.367 e. The fourth-order valence-corrected chi connectivity index (χ4v) is 3.81. The molecule has 2 aliphatic rings. The predicted octanol–water partition coefficient (Wildman–Crippen LogP) is 3.27. The second-order valence-electron chi connectivity index (χ2n) is 7.36. The fraction of sp³-hybridized carbons (Fsp3) is 0.650. The van der Waals surface area contributed by atoms with Gasteiger partial charge in [0.15, 0.2) is 5.96 Å². The molecule has 2 fully saturated rings. The maximum Gasteiger partial charge on any atom is 0.194 e. The molecule has 5 nitrogen and oxygen atoms in total. The predicted molar refractivity (Wildman–Crippen MR) is 118 cm³/mol. The van der Waals surface area contributed by atoms with E-state index in [2.05, 4.69) is 36.0 Å². The Hall–Kier alpha value is -0.930. The van der Waals surface area contributed by atoms with E-state index in [1.165, 1.54) is 25.0 Å². The number of likely N-dealkylation sites (N-methyl/N-ethyl adjacent to an activating group) is 1. The average Bonchev–Trinajstić information content (AvgIpc) is 3.03. The first-order chi connectivity index (χ1) is 12.6. The van der Waals surface area contributed by atoms with Gasteiger partial charge in [-0.3, -0.25) is 4.99 Å². The third-order valence-corrected chi connectivity index (χ3v) is 5.26. The second-order valence-corrected chi connectivity index (χ2v) is 7.36. The summed E-state index contributed by atoms with van der Waals surface area (Å²) in [5.41, 5.74) is 1.01. The summed E-state index contributed by atoms with van der Waals surface area (Å²) in [5, 5.41) is 3.43. The van der Waals surface area contributed by atoms with Gasteiger partial charge in [0, 0.05) is 19.1 Å². The third-order valence-electron chi connectivity index (χ3n) is 5.26. The Kier molecular flexibility index (Phi) is 8.75. The zero-order valence-electron chi connectivity index (χ0n) is 16.5. The van der Waals surface area contributed by atoms with Crippen LogP contribution in [0.1, 0.15) is 38.4 Å². The molecule has 27 heavy (non-hydrogen) atoms. The summed E-state index contributed by atoms with van der Waals surface area (Å²) >= 11 is 0. The van der Waals surface area contributed by atoms with Gasteiger partial charge in [0.25, 0.3) is 0 Å². The number of nitrogens with zero attached hydrogens (tertiary/aromatic N) is 3. The van der Waals surface area contributed by atoms with Crippen LogP contribution in [0.15, 0.2) is 29.3 Å². The second kappa shape index (κ2) is 10.6. The van der Waals surface area contributed by atoms with E-state index in [0.717, 1.165) is 44.2 Å². The molecular weight excluding hydrogens is 458 g/mol. The summed E-state index contributed by atoms with van der Waals surface area (Å²) in [4.78, 5) is 9.60. The molecule has 0 bridgehead atoms. The summed E-state index contributed by atoms with van der Waals surface area (Å²) in [6, 6.07) is 7.16. The van der Waals surface area contributed by atoms with Crippen LogP contribution in [0, 0.1) is 5.82 Å². The van der Waals surface area contributed by atoms with E-state index in [4.69, 9.17) is 9.73 Å². The van der Waals surface area contributed by atoms with E-state index >= 15 is 0 Å². The number of nitrogens with one attached hydrogen (secondary N) is 1. The number of ether oxygens (including phenoxy) is 1. The van der Waals surface area contributed by atoms with Gasteiger partial charge in [0.1, 0.15) is 11.9 Å². The standard InChI is InChI=1S/C20H31FN4O.HI/c1-4-22-20(23-12-18-6-5-11-24(18)3)25-13-15(2)26-19(14-25)16-7-9-17(21)10-8-16;/h7-10,15,18-19H,4-6,11-14H2,1-3H3,(H,22,23);1H. The molecule has 0 amide bonds. The highest BCUT2D eigenvalue weighted by Gasteiger charge is 2.29. The first-order valence-electron chi connectivity index (χ1n) is 9.71. The number of hydrogen-bond acceptors (Lipinski definition) is 3. The number of likely N-dealkylation sites (tertiary alicyclic amines) is 1. The molecule has 3 unspecified atom stereocenters. The number of guanidine groups is 1. The summed E-state index contributed by atoms with van der Waals surface area (Å²) in [6.45, 7) is 8.54. The molecule has 2 saturated heterocycles. The molecule has 0 radical (unpaired) electrons. The smallest absolute Gasteiger partial charge is 0.194 e. The maximum absolute atomic E-state index is 13.2. The van der Waals surface area contributed by atoms with E-state index in [9.17, 15) is 4.39 Å². The van der Waals surface area contributed by atoms with Gasteiger partial charge in [-0.15, -0.1) is 24.0 Å². The molecule has 0 saturated carbocycles. The lowest BCUT2D eigenvalue weighted by molar-refractivity contribution is -0.0605. The van der Waals surface area contributed by atoms with E-state index in [1.54, 1.807) is 0 Å². The van der Waals surface area contributed by atoms with Crippen molar-refractivity contribution in [1.29, 1.82) is 0 Å². The lowest BCUT2D eigenvalue weighted by Crippen LogP contribution is -2.51. The van der Waals surface area contributed by atoms with Crippen molar-refractivity contribution < 1.29 is 9.13 Å². The van der Waals surface area contributed by atoms with Crippen LogP contribution in [0.5, 0.6) is 0 Å². The average molecular weight is 490 g/mol. The van der Waals surface area contributed by atoms with Crippen LogP contribution >= 0.6 is 24.0 Å². The highest BCUT2D eigenvalue weighted by molar-refractivity contribution is 14.0. The molecule has 0 aromatic heterocycles. The van der Waals surface area contributed by atoms with Crippen molar-refractivity contribution in [3.63, 3.8) is 0 Å². The van der Waals surface area contributed by atoms with Crippen molar-refractivity contribution in [3.05, 3.63) is 35.6 Å². The molecule has 1 N–H and O–H groups in total. The Bertz CT molecular complexity index is 613. The van der Waals surface area contributed by atoms with Crippen LogP contribution in [0.4, 0.5) is 4.39 Å². The number of aliphatic imine (C=N–C) groups is 1. The van der Waals surface area contributed by atoms with E-state index in [0.29, 0.717) is 6.04 Å². The molecule has 2 heterocycles. The van der Waals surface area contributed by atoms with Gasteiger partial charge in [-0.2, -0.15) is 0 Å². The SMILES string of the molecule is CCNC(=NCC1CCCN1C)N1CC(C)OC(c2ccc(F)cc2)C1.I. The third kappa shape index (κ3) is 6.02. The minimum atomic E-state index is -0.218. The number of rotatable bonds is 4. The Morgan fingerprint density at radius 3 is 2.67 bits per heavy atom. The van der Waals surface area contributed by atoms with Crippen LogP contribution in [0.2, 0.25) is 0 Å². The van der Waals surface area contributed by atoms with Crippen LogP contribution in [-0.2, 0) is 4.74 Å². The number of benzene rings is 1. The van der Waals surface area contributed by atoms with Crippen molar-refractivity contribution in [2.45, 2.75) is 44.9 Å². The monoisotopic (exact) mass is 490 g/mol. The van der Waals surface area contributed by atoms with Crippen LogP contribution in [-0.4, -0.2) is 67.7 Å². The molecule has 2 aliphatic heterocycles. The minimum absolute atomic E-state index is 0. The van der Waals surface area contributed by atoms with E-state index in [1.807, 2.05) is 12.1 Å². The molecule has 7 heteroatoms. The highest BCUT2D eigenvalue weighted by Crippen LogP contribution is 2.25. The van der Waals surface area contributed by atoms with Gasteiger partial charge in [-0.25, -0.2) is 4.39 Å². The lowest BCUT2D eigenvalue weighted by atomic mass is 10.1. The van der Waals surface area contributed by atoms with Crippen molar-refractivity contribution in [2.24, 2.45) is 4.99 Å². The fourth-order valence-electron chi connectivity index (χ4n) is 3.81. The zero-order chi connectivity index (χ0) is 18.5. The van der Waals surface area contributed by atoms with Crippen LogP contribution < -0.4 is 5.32 Å². The minimum Gasteiger partial charge on any atom is -0.367 e. The van der Waals surface area contributed by atoms with Crippen LogP contribution in [0.25, 0.3) is 0 Å². The maximum atomic E-state index is 13.2. The van der Waals surface area contributed by atoms with Gasteiger partial charge in [0.05, 0.1) is 19.2 Å². The molecule has 1 aromatic rings. The normalized spacial score (nSPS) is 26.7. The van der Waals surface area contributed by atoms with Gasteiger partial charge < -0.3 is 19.9 Å². The lowest BCUT2D eigenvalue weighted by Gasteiger charge is -2.39. The molecule has 152 valence electrons. The van der Waals surface area contributed by atoms with Gasteiger partial charge in [-0.1, -0.05) is 12.1 Å². The highest BCUT2D eigenvalue weighted by atomic mass is 127. The summed E-state index contributed by atoms with van der Waals surface area (Å²) < 4.78 is 19.3. The Labute approximate surface area is 179 Å². The van der Waals surface area contributed by atoms with Crippen molar-refractivity contribution in [1.82, 2.24) is 15.1 Å². The van der Waals surface area contributed by atoms with Crippen LogP contribution in [0.3, 0.4) is 0 Å². The number of morpholine rings is 1. The first kappa shape index (κ1) is 22.4. The Morgan fingerprint density at radius 2 is 2.04 bits per heavy atom. The van der Waals surface area contributed by atoms with Gasteiger partial charge >= 0.3 is 0 Å².